The molecule has 1 heterocycles. The summed E-state index contributed by atoms with van der Waals surface area (Å²) in [6.07, 6.45) is 4.17. The van der Waals surface area contributed by atoms with E-state index in [1.54, 1.807) is 0 Å². The first-order valence-electron chi connectivity index (χ1n) is 7.36. The second-order valence-corrected chi connectivity index (χ2v) is 5.57. The Morgan fingerprint density at radius 2 is 2.00 bits per heavy atom. The van der Waals surface area contributed by atoms with Crippen LogP contribution in [0.4, 0.5) is 0 Å². The quantitative estimate of drug-likeness (QED) is 0.781. The fourth-order valence-electron chi connectivity index (χ4n) is 2.70. The van der Waals surface area contributed by atoms with Crippen molar-refractivity contribution < 1.29 is 9.53 Å². The van der Waals surface area contributed by atoms with Gasteiger partial charge in [-0.1, -0.05) is 36.2 Å². The minimum absolute atomic E-state index is 0.130. The van der Waals surface area contributed by atoms with Gasteiger partial charge in [0, 0.05) is 11.4 Å². The third-order valence-corrected chi connectivity index (χ3v) is 4.13. The predicted octanol–water partition coefficient (Wildman–Crippen LogP) is 3.30. The van der Waals surface area contributed by atoms with E-state index in [1.807, 2.05) is 31.2 Å². The number of rotatable bonds is 5. The highest BCUT2D eigenvalue weighted by Gasteiger charge is 2.28. The fraction of sp³-hybridized carbons (Fsp3) is 0.562. The number of carbonyl (C=O) groups is 1. The van der Waals surface area contributed by atoms with Crippen LogP contribution in [0.1, 0.15) is 31.7 Å². The lowest BCUT2D eigenvalue weighted by atomic mass is 10.0. The monoisotopic (exact) mass is 295 g/mol. The van der Waals surface area contributed by atoms with E-state index in [-0.39, 0.29) is 12.0 Å². The van der Waals surface area contributed by atoms with Crippen LogP contribution in [0.3, 0.4) is 0 Å². The lowest BCUT2D eigenvalue weighted by Gasteiger charge is -2.33. The molecular formula is C16H22ClNO2. The van der Waals surface area contributed by atoms with Gasteiger partial charge in [-0.15, -0.1) is 0 Å². The van der Waals surface area contributed by atoms with E-state index in [1.165, 1.54) is 6.42 Å². The van der Waals surface area contributed by atoms with Crippen LogP contribution in [0.25, 0.3) is 0 Å². The van der Waals surface area contributed by atoms with Crippen molar-refractivity contribution in [3.63, 3.8) is 0 Å². The van der Waals surface area contributed by atoms with Gasteiger partial charge in [-0.3, -0.25) is 9.69 Å². The van der Waals surface area contributed by atoms with E-state index in [0.29, 0.717) is 13.0 Å². The third kappa shape index (κ3) is 3.97. The van der Waals surface area contributed by atoms with Crippen LogP contribution in [0.5, 0.6) is 0 Å². The molecule has 0 aromatic heterocycles. The molecule has 0 spiro atoms. The van der Waals surface area contributed by atoms with Crippen molar-refractivity contribution in [2.45, 2.75) is 38.6 Å². The van der Waals surface area contributed by atoms with Crippen molar-refractivity contribution in [3.8, 4) is 0 Å². The Morgan fingerprint density at radius 3 is 2.65 bits per heavy atom. The van der Waals surface area contributed by atoms with E-state index < -0.39 is 0 Å². The maximum atomic E-state index is 12.3. The van der Waals surface area contributed by atoms with Crippen LogP contribution < -0.4 is 0 Å². The van der Waals surface area contributed by atoms with Crippen molar-refractivity contribution in [3.05, 3.63) is 34.9 Å². The fourth-order valence-corrected chi connectivity index (χ4v) is 2.92. The van der Waals surface area contributed by atoms with Crippen molar-refractivity contribution in [2.24, 2.45) is 0 Å². The van der Waals surface area contributed by atoms with E-state index in [0.717, 1.165) is 36.5 Å². The van der Waals surface area contributed by atoms with Crippen molar-refractivity contribution in [2.75, 3.05) is 19.7 Å². The second kappa shape index (κ2) is 7.65. The minimum Gasteiger partial charge on any atom is -0.465 e. The zero-order chi connectivity index (χ0) is 14.4. The number of piperidine rings is 1. The molecule has 0 radical (unpaired) electrons. The first kappa shape index (κ1) is 15.3. The lowest BCUT2D eigenvalue weighted by Crippen LogP contribution is -2.46. The third-order valence-electron chi connectivity index (χ3n) is 3.76. The first-order chi connectivity index (χ1) is 9.72. The molecular weight excluding hydrogens is 274 g/mol. The summed E-state index contributed by atoms with van der Waals surface area (Å²) >= 11 is 6.22. The molecule has 4 heteroatoms. The van der Waals surface area contributed by atoms with Crippen LogP contribution >= 0.6 is 11.6 Å². The van der Waals surface area contributed by atoms with Crippen LogP contribution in [0.15, 0.2) is 24.3 Å². The summed E-state index contributed by atoms with van der Waals surface area (Å²) in [5, 5.41) is 0.721. The topological polar surface area (TPSA) is 29.5 Å². The van der Waals surface area contributed by atoms with Gasteiger partial charge < -0.3 is 4.74 Å². The number of hydrogen-bond donors (Lipinski definition) is 0. The van der Waals surface area contributed by atoms with Crippen LogP contribution in [-0.2, 0) is 16.0 Å². The highest BCUT2D eigenvalue weighted by molar-refractivity contribution is 6.31. The van der Waals surface area contributed by atoms with E-state index >= 15 is 0 Å². The van der Waals surface area contributed by atoms with E-state index in [4.69, 9.17) is 16.3 Å². The maximum Gasteiger partial charge on any atom is 0.323 e. The molecule has 1 atom stereocenters. The number of benzene rings is 1. The van der Waals surface area contributed by atoms with Gasteiger partial charge in [0.05, 0.1) is 6.61 Å². The summed E-state index contributed by atoms with van der Waals surface area (Å²) in [6.45, 7) is 4.20. The molecule has 1 aromatic carbocycles. The number of likely N-dealkylation sites (tertiary alicyclic amines) is 1. The van der Waals surface area contributed by atoms with Crippen molar-refractivity contribution >= 4 is 17.6 Å². The highest BCUT2D eigenvalue weighted by atomic mass is 35.5. The largest absolute Gasteiger partial charge is 0.465 e. The molecule has 2 rings (SSSR count). The van der Waals surface area contributed by atoms with E-state index in [2.05, 4.69) is 4.90 Å². The molecule has 1 aliphatic rings. The molecule has 1 unspecified atom stereocenters. The number of hydrogen-bond acceptors (Lipinski definition) is 3. The van der Waals surface area contributed by atoms with Gasteiger partial charge in [-0.25, -0.2) is 0 Å². The number of carbonyl (C=O) groups excluding carboxylic acids is 1. The molecule has 0 aliphatic carbocycles. The second-order valence-electron chi connectivity index (χ2n) is 5.16. The number of nitrogens with zero attached hydrogens (tertiary/aromatic N) is 1. The molecule has 0 amide bonds. The first-order valence-corrected chi connectivity index (χ1v) is 7.74. The Bertz CT molecular complexity index is 444. The van der Waals surface area contributed by atoms with Gasteiger partial charge in [0.25, 0.3) is 0 Å². The Morgan fingerprint density at radius 1 is 1.30 bits per heavy atom. The van der Waals surface area contributed by atoms with Gasteiger partial charge in [-0.05, 0) is 44.5 Å². The lowest BCUT2D eigenvalue weighted by molar-refractivity contribution is -0.150. The summed E-state index contributed by atoms with van der Waals surface area (Å²) in [7, 11) is 0. The number of esters is 1. The van der Waals surface area contributed by atoms with Gasteiger partial charge >= 0.3 is 5.97 Å². The average Bonchev–Trinajstić information content (AvgIpc) is 2.47. The van der Waals surface area contributed by atoms with Crippen molar-refractivity contribution in [1.29, 1.82) is 0 Å². The smallest absolute Gasteiger partial charge is 0.323 e. The summed E-state index contributed by atoms with van der Waals surface area (Å²) < 4.78 is 5.25. The van der Waals surface area contributed by atoms with Gasteiger partial charge in [0.15, 0.2) is 0 Å². The molecule has 1 aromatic rings. The standard InChI is InChI=1S/C16H22ClNO2/c1-2-20-16(19)15(18-10-6-3-7-11-18)12-13-8-4-5-9-14(13)17/h4-5,8-9,15H,2-3,6-7,10-12H2,1H3. The zero-order valence-electron chi connectivity index (χ0n) is 12.0. The van der Waals surface area contributed by atoms with Gasteiger partial charge in [0.1, 0.15) is 6.04 Å². The minimum atomic E-state index is -0.213. The van der Waals surface area contributed by atoms with Gasteiger partial charge in [0.2, 0.25) is 0 Å². The summed E-state index contributed by atoms with van der Waals surface area (Å²) in [5.74, 6) is -0.130. The Kier molecular flexibility index (Phi) is 5.86. The Balaban J connectivity index is 2.13. The molecule has 1 fully saturated rings. The molecule has 1 saturated heterocycles. The Labute approximate surface area is 125 Å². The van der Waals surface area contributed by atoms with Crippen LogP contribution in [-0.4, -0.2) is 36.6 Å². The Hall–Kier alpha value is -1.06. The van der Waals surface area contributed by atoms with Gasteiger partial charge in [-0.2, -0.15) is 0 Å². The maximum absolute atomic E-state index is 12.3. The molecule has 20 heavy (non-hydrogen) atoms. The molecule has 0 N–H and O–H groups in total. The van der Waals surface area contributed by atoms with Crippen molar-refractivity contribution in [1.82, 2.24) is 4.90 Å². The molecule has 0 saturated carbocycles. The number of ether oxygens (including phenoxy) is 1. The summed E-state index contributed by atoms with van der Waals surface area (Å²) in [4.78, 5) is 14.5. The molecule has 0 bridgehead atoms. The van der Waals surface area contributed by atoms with E-state index in [9.17, 15) is 4.79 Å². The predicted molar refractivity (Wildman–Crippen MR) is 81.0 cm³/mol. The van der Waals surface area contributed by atoms with Crippen LogP contribution in [0.2, 0.25) is 5.02 Å². The normalized spacial score (nSPS) is 17.7. The SMILES string of the molecule is CCOC(=O)C(Cc1ccccc1Cl)N1CCCCC1. The van der Waals surface area contributed by atoms with Crippen LogP contribution in [0, 0.1) is 0 Å². The summed E-state index contributed by atoms with van der Waals surface area (Å²) in [5.41, 5.74) is 1.01. The highest BCUT2D eigenvalue weighted by Crippen LogP contribution is 2.21. The zero-order valence-corrected chi connectivity index (χ0v) is 12.7. The number of halogens is 1. The molecule has 110 valence electrons. The molecule has 1 aliphatic heterocycles. The molecule has 3 nitrogen and oxygen atoms in total. The average molecular weight is 296 g/mol. The summed E-state index contributed by atoms with van der Waals surface area (Å²) in [6, 6.07) is 7.51.